The molecule has 0 radical (unpaired) electrons. The first-order chi connectivity index (χ1) is 12.2. The fourth-order valence-corrected chi connectivity index (χ4v) is 5.19. The molecule has 0 atom stereocenters. The Morgan fingerprint density at radius 3 is 2.08 bits per heavy atom. The zero-order valence-corrected chi connectivity index (χ0v) is 15.6. The van der Waals surface area contributed by atoms with Gasteiger partial charge in [0.1, 0.15) is 5.82 Å². The van der Waals surface area contributed by atoms with Crippen LogP contribution in [0, 0.1) is 23.6 Å². The Balaban J connectivity index is 1.51. The molecule has 2 aliphatic carbocycles. The van der Waals surface area contributed by atoms with Gasteiger partial charge >= 0.3 is 0 Å². The molecule has 0 nitrogen and oxygen atoms in total. The number of hydrogen-bond donors (Lipinski definition) is 0. The van der Waals surface area contributed by atoms with Crippen molar-refractivity contribution in [3.63, 3.8) is 0 Å². The largest absolute Gasteiger partial charge is 0.207 e. The molecule has 2 aliphatic rings. The van der Waals surface area contributed by atoms with Crippen LogP contribution in [0.1, 0.15) is 74.8 Å². The third kappa shape index (κ3) is 4.63. The fourth-order valence-electron chi connectivity index (χ4n) is 5.19. The van der Waals surface area contributed by atoms with Gasteiger partial charge in [-0.05, 0) is 105 Å². The van der Waals surface area contributed by atoms with Crippen molar-refractivity contribution in [2.75, 3.05) is 0 Å². The molecule has 0 N–H and O–H groups in total. The van der Waals surface area contributed by atoms with E-state index in [4.69, 9.17) is 0 Å². The van der Waals surface area contributed by atoms with Crippen LogP contribution in [0.25, 0.3) is 0 Å². The smallest absolute Gasteiger partial charge is 0.126 e. The zero-order chi connectivity index (χ0) is 17.6. The number of hydrogen-bond acceptors (Lipinski definition) is 0. The molecule has 0 heterocycles. The average molecular weight is 341 g/mol. The minimum atomic E-state index is -0.0555. The quantitative estimate of drug-likeness (QED) is 0.480. The van der Waals surface area contributed by atoms with E-state index < -0.39 is 0 Å². The Kier molecular flexibility index (Phi) is 6.51. The summed E-state index contributed by atoms with van der Waals surface area (Å²) >= 11 is 0. The maximum Gasteiger partial charge on any atom is 0.126 e. The molecule has 3 rings (SSSR count). The van der Waals surface area contributed by atoms with Crippen LogP contribution in [0.15, 0.2) is 43.5 Å². The average Bonchev–Trinajstić information content (AvgIpc) is 2.65. The molecule has 0 unspecified atom stereocenters. The van der Waals surface area contributed by atoms with Gasteiger partial charge in [-0.2, -0.15) is 0 Å². The van der Waals surface area contributed by atoms with Gasteiger partial charge in [-0.15, -0.1) is 13.2 Å². The first-order valence-electron chi connectivity index (χ1n) is 10.2. The van der Waals surface area contributed by atoms with Gasteiger partial charge in [-0.3, -0.25) is 0 Å². The number of halogens is 1. The Morgan fingerprint density at radius 2 is 1.52 bits per heavy atom. The molecule has 25 heavy (non-hydrogen) atoms. The lowest BCUT2D eigenvalue weighted by Gasteiger charge is -2.38. The van der Waals surface area contributed by atoms with Gasteiger partial charge in [0.15, 0.2) is 0 Å². The van der Waals surface area contributed by atoms with Crippen LogP contribution < -0.4 is 0 Å². The Bertz CT molecular complexity index is 572. The van der Waals surface area contributed by atoms with Crippen LogP contribution in [0.3, 0.4) is 0 Å². The maximum atomic E-state index is 14.2. The molecule has 2 fully saturated rings. The zero-order valence-electron chi connectivity index (χ0n) is 15.6. The first kappa shape index (κ1) is 18.4. The summed E-state index contributed by atoms with van der Waals surface area (Å²) in [5.41, 5.74) is 1.97. The fraction of sp³-hybridized carbons (Fsp3) is 0.583. The molecule has 0 bridgehead atoms. The SMILES string of the molecule is C=CCc1ccc(C2CCC(C3CCC(CC=C)CC3)CC2)cc1F. The minimum absolute atomic E-state index is 0.0555. The van der Waals surface area contributed by atoms with Gasteiger partial charge in [-0.1, -0.05) is 24.3 Å². The summed E-state index contributed by atoms with van der Waals surface area (Å²) in [7, 11) is 0. The molecular weight excluding hydrogens is 307 g/mol. The van der Waals surface area contributed by atoms with Crippen molar-refractivity contribution in [2.24, 2.45) is 17.8 Å². The van der Waals surface area contributed by atoms with Gasteiger partial charge in [0.2, 0.25) is 0 Å². The highest BCUT2D eigenvalue weighted by Gasteiger charge is 2.31. The van der Waals surface area contributed by atoms with E-state index in [0.29, 0.717) is 12.3 Å². The highest BCUT2D eigenvalue weighted by atomic mass is 19.1. The molecule has 2 saturated carbocycles. The van der Waals surface area contributed by atoms with Crippen molar-refractivity contribution >= 4 is 0 Å². The molecule has 0 aromatic heterocycles. The minimum Gasteiger partial charge on any atom is -0.207 e. The Morgan fingerprint density at radius 1 is 0.880 bits per heavy atom. The van der Waals surface area contributed by atoms with Crippen molar-refractivity contribution in [3.05, 3.63) is 60.5 Å². The van der Waals surface area contributed by atoms with Crippen LogP contribution in [-0.2, 0) is 6.42 Å². The van der Waals surface area contributed by atoms with Crippen molar-refractivity contribution in [1.29, 1.82) is 0 Å². The molecule has 0 saturated heterocycles. The lowest BCUT2D eigenvalue weighted by molar-refractivity contribution is 0.160. The molecule has 0 amide bonds. The van der Waals surface area contributed by atoms with Crippen LogP contribution in [-0.4, -0.2) is 0 Å². The summed E-state index contributed by atoms with van der Waals surface area (Å²) in [5.74, 6) is 3.24. The number of benzene rings is 1. The van der Waals surface area contributed by atoms with E-state index in [1.54, 1.807) is 12.1 Å². The lowest BCUT2D eigenvalue weighted by Crippen LogP contribution is -2.25. The summed E-state index contributed by atoms with van der Waals surface area (Å²) in [6, 6.07) is 5.89. The second-order valence-corrected chi connectivity index (χ2v) is 8.26. The van der Waals surface area contributed by atoms with Gasteiger partial charge in [-0.25, -0.2) is 4.39 Å². The second kappa shape index (κ2) is 8.83. The van der Waals surface area contributed by atoms with Crippen LogP contribution >= 0.6 is 0 Å². The normalized spacial score (nSPS) is 30.0. The van der Waals surface area contributed by atoms with Gasteiger partial charge in [0.25, 0.3) is 0 Å². The molecule has 136 valence electrons. The summed E-state index contributed by atoms with van der Waals surface area (Å²) in [4.78, 5) is 0. The van der Waals surface area contributed by atoms with E-state index in [1.165, 1.54) is 63.4 Å². The van der Waals surface area contributed by atoms with E-state index in [-0.39, 0.29) is 5.82 Å². The van der Waals surface area contributed by atoms with E-state index in [9.17, 15) is 4.39 Å². The molecular formula is C24H33F. The highest BCUT2D eigenvalue weighted by Crippen LogP contribution is 2.44. The van der Waals surface area contributed by atoms with Crippen molar-refractivity contribution in [1.82, 2.24) is 0 Å². The van der Waals surface area contributed by atoms with Crippen molar-refractivity contribution in [2.45, 2.75) is 70.1 Å². The maximum absolute atomic E-state index is 14.2. The predicted octanol–water partition coefficient (Wildman–Crippen LogP) is 7.21. The number of allylic oxidation sites excluding steroid dienone is 2. The summed E-state index contributed by atoms with van der Waals surface area (Å²) < 4.78 is 14.2. The van der Waals surface area contributed by atoms with Crippen molar-refractivity contribution < 1.29 is 4.39 Å². The summed E-state index contributed by atoms with van der Waals surface area (Å²) in [5, 5.41) is 0. The van der Waals surface area contributed by atoms with Crippen molar-refractivity contribution in [3.8, 4) is 0 Å². The molecule has 1 aromatic rings. The monoisotopic (exact) mass is 340 g/mol. The predicted molar refractivity (Wildman–Crippen MR) is 105 cm³/mol. The topological polar surface area (TPSA) is 0 Å². The van der Waals surface area contributed by atoms with Crippen LogP contribution in [0.2, 0.25) is 0 Å². The third-order valence-corrected chi connectivity index (χ3v) is 6.74. The van der Waals surface area contributed by atoms with E-state index in [2.05, 4.69) is 25.3 Å². The lowest BCUT2D eigenvalue weighted by atomic mass is 9.68. The first-order valence-corrected chi connectivity index (χ1v) is 10.2. The van der Waals surface area contributed by atoms with Crippen LogP contribution in [0.4, 0.5) is 4.39 Å². The molecule has 1 heteroatoms. The highest BCUT2D eigenvalue weighted by molar-refractivity contribution is 5.28. The van der Waals surface area contributed by atoms with Gasteiger partial charge in [0.05, 0.1) is 0 Å². The summed E-state index contributed by atoms with van der Waals surface area (Å²) in [6.07, 6.45) is 16.4. The van der Waals surface area contributed by atoms with Crippen LogP contribution in [0.5, 0.6) is 0 Å². The Hall–Kier alpha value is -1.37. The molecule has 1 aromatic carbocycles. The Labute approximate surface area is 153 Å². The second-order valence-electron chi connectivity index (χ2n) is 8.26. The van der Waals surface area contributed by atoms with Gasteiger partial charge in [0, 0.05) is 0 Å². The number of rotatable bonds is 6. The van der Waals surface area contributed by atoms with E-state index >= 15 is 0 Å². The van der Waals surface area contributed by atoms with E-state index in [0.717, 1.165) is 23.3 Å². The molecule has 0 spiro atoms. The third-order valence-electron chi connectivity index (χ3n) is 6.74. The summed E-state index contributed by atoms with van der Waals surface area (Å²) in [6.45, 7) is 7.60. The molecule has 0 aliphatic heterocycles. The van der Waals surface area contributed by atoms with Gasteiger partial charge < -0.3 is 0 Å². The van der Waals surface area contributed by atoms with E-state index in [1.807, 2.05) is 6.07 Å². The standard InChI is InChI=1S/C24H33F/c1-3-5-18-7-9-19(10-8-18)20-11-13-21(14-12-20)23-16-15-22(6-4-2)24(25)17-23/h3-4,15-21H,1-2,5-14H2.